The SMILES string of the molecule is Cc1cccc(OC(C)C(=O)NC2(CC(=O)O)CCCC2)c1. The fraction of sp³-hybridized carbons (Fsp3) is 0.529. The van der Waals surface area contributed by atoms with Crippen LogP contribution in [0.2, 0.25) is 0 Å². The molecule has 1 aliphatic carbocycles. The lowest BCUT2D eigenvalue weighted by molar-refractivity contribution is -0.139. The third-order valence-corrected chi connectivity index (χ3v) is 4.11. The number of aliphatic carboxylic acids is 1. The minimum Gasteiger partial charge on any atom is -0.481 e. The van der Waals surface area contributed by atoms with Gasteiger partial charge in [0.1, 0.15) is 5.75 Å². The van der Waals surface area contributed by atoms with Gasteiger partial charge in [-0.25, -0.2) is 0 Å². The zero-order chi connectivity index (χ0) is 16.2. The molecule has 1 saturated carbocycles. The van der Waals surface area contributed by atoms with Crippen LogP contribution in [0.4, 0.5) is 0 Å². The Bertz CT molecular complexity index is 549. The number of rotatable bonds is 6. The van der Waals surface area contributed by atoms with Crippen molar-refractivity contribution in [2.75, 3.05) is 0 Å². The van der Waals surface area contributed by atoms with Crippen molar-refractivity contribution >= 4 is 11.9 Å². The summed E-state index contributed by atoms with van der Waals surface area (Å²) >= 11 is 0. The Hall–Kier alpha value is -2.04. The zero-order valence-corrected chi connectivity index (χ0v) is 13.1. The van der Waals surface area contributed by atoms with Crippen LogP contribution in [0.25, 0.3) is 0 Å². The van der Waals surface area contributed by atoms with Gasteiger partial charge in [-0.3, -0.25) is 9.59 Å². The number of ether oxygens (including phenoxy) is 1. The van der Waals surface area contributed by atoms with Gasteiger partial charge in [-0.1, -0.05) is 25.0 Å². The van der Waals surface area contributed by atoms with E-state index < -0.39 is 17.6 Å². The Morgan fingerprint density at radius 1 is 1.36 bits per heavy atom. The van der Waals surface area contributed by atoms with Crippen molar-refractivity contribution in [3.05, 3.63) is 29.8 Å². The zero-order valence-electron chi connectivity index (χ0n) is 13.1. The van der Waals surface area contributed by atoms with Crippen molar-refractivity contribution < 1.29 is 19.4 Å². The second-order valence-corrected chi connectivity index (χ2v) is 6.12. The fourth-order valence-electron chi connectivity index (χ4n) is 3.00. The maximum absolute atomic E-state index is 12.3. The van der Waals surface area contributed by atoms with Crippen LogP contribution in [-0.4, -0.2) is 28.6 Å². The van der Waals surface area contributed by atoms with Crippen molar-refractivity contribution in [1.29, 1.82) is 0 Å². The van der Waals surface area contributed by atoms with Crippen molar-refractivity contribution in [1.82, 2.24) is 5.32 Å². The van der Waals surface area contributed by atoms with Crippen LogP contribution in [0, 0.1) is 6.92 Å². The molecule has 2 N–H and O–H groups in total. The van der Waals surface area contributed by atoms with E-state index in [1.165, 1.54) is 0 Å². The summed E-state index contributed by atoms with van der Waals surface area (Å²) < 4.78 is 5.66. The van der Waals surface area contributed by atoms with E-state index >= 15 is 0 Å². The molecule has 5 nitrogen and oxygen atoms in total. The number of benzene rings is 1. The van der Waals surface area contributed by atoms with Crippen LogP contribution in [0.5, 0.6) is 5.75 Å². The molecule has 0 heterocycles. The first kappa shape index (κ1) is 16.3. The summed E-state index contributed by atoms with van der Waals surface area (Å²) in [6.45, 7) is 3.64. The van der Waals surface area contributed by atoms with Crippen LogP contribution in [-0.2, 0) is 9.59 Å². The summed E-state index contributed by atoms with van der Waals surface area (Å²) in [7, 11) is 0. The van der Waals surface area contributed by atoms with E-state index in [0.717, 1.165) is 18.4 Å². The molecule has 1 unspecified atom stereocenters. The molecule has 1 atom stereocenters. The highest BCUT2D eigenvalue weighted by Crippen LogP contribution is 2.32. The monoisotopic (exact) mass is 305 g/mol. The quantitative estimate of drug-likeness (QED) is 0.847. The topological polar surface area (TPSA) is 75.6 Å². The predicted octanol–water partition coefficient (Wildman–Crippen LogP) is 2.67. The van der Waals surface area contributed by atoms with Crippen LogP contribution in [0.15, 0.2) is 24.3 Å². The number of hydrogen-bond donors (Lipinski definition) is 2. The Morgan fingerprint density at radius 3 is 2.64 bits per heavy atom. The minimum absolute atomic E-state index is 0.0318. The number of aryl methyl sites for hydroxylation is 1. The van der Waals surface area contributed by atoms with E-state index in [2.05, 4.69) is 5.32 Å². The third-order valence-electron chi connectivity index (χ3n) is 4.11. The molecule has 0 radical (unpaired) electrons. The van der Waals surface area contributed by atoms with E-state index in [0.29, 0.717) is 18.6 Å². The van der Waals surface area contributed by atoms with Gasteiger partial charge in [0.15, 0.2) is 6.10 Å². The molecule has 2 rings (SSSR count). The summed E-state index contributed by atoms with van der Waals surface area (Å²) in [6, 6.07) is 7.50. The van der Waals surface area contributed by atoms with Gasteiger partial charge in [0.25, 0.3) is 5.91 Å². The number of carboxylic acid groups (broad SMARTS) is 1. The number of carboxylic acids is 1. The molecule has 0 aliphatic heterocycles. The first-order valence-corrected chi connectivity index (χ1v) is 7.67. The van der Waals surface area contributed by atoms with E-state index in [9.17, 15) is 9.59 Å². The molecule has 1 aliphatic rings. The Balaban J connectivity index is 1.99. The van der Waals surface area contributed by atoms with Crippen molar-refractivity contribution in [3.8, 4) is 5.75 Å². The highest BCUT2D eigenvalue weighted by molar-refractivity contribution is 5.82. The van der Waals surface area contributed by atoms with E-state index in [-0.39, 0.29) is 12.3 Å². The maximum Gasteiger partial charge on any atom is 0.305 e. The van der Waals surface area contributed by atoms with Gasteiger partial charge >= 0.3 is 5.97 Å². The van der Waals surface area contributed by atoms with Gasteiger partial charge in [0.05, 0.1) is 12.0 Å². The lowest BCUT2D eigenvalue weighted by Gasteiger charge is -2.30. The van der Waals surface area contributed by atoms with Crippen LogP contribution < -0.4 is 10.1 Å². The average Bonchev–Trinajstić information content (AvgIpc) is 2.85. The molecule has 0 spiro atoms. The van der Waals surface area contributed by atoms with Gasteiger partial charge in [0, 0.05) is 0 Å². The molecule has 1 amide bonds. The van der Waals surface area contributed by atoms with E-state index in [4.69, 9.17) is 9.84 Å². The van der Waals surface area contributed by atoms with Crippen molar-refractivity contribution in [2.24, 2.45) is 0 Å². The van der Waals surface area contributed by atoms with E-state index in [1.807, 2.05) is 25.1 Å². The Labute approximate surface area is 130 Å². The molecule has 120 valence electrons. The standard InChI is InChI=1S/C17H23NO4/c1-12-6-5-7-14(10-12)22-13(2)16(21)18-17(11-15(19)20)8-3-4-9-17/h5-7,10,13H,3-4,8-9,11H2,1-2H3,(H,18,21)(H,19,20). The van der Waals surface area contributed by atoms with Crippen molar-refractivity contribution in [2.45, 2.75) is 57.6 Å². The second-order valence-electron chi connectivity index (χ2n) is 6.12. The molecular weight excluding hydrogens is 282 g/mol. The van der Waals surface area contributed by atoms with Crippen molar-refractivity contribution in [3.63, 3.8) is 0 Å². The van der Waals surface area contributed by atoms with Gasteiger partial charge in [-0.05, 0) is 44.4 Å². The average molecular weight is 305 g/mol. The molecule has 0 aromatic heterocycles. The number of hydrogen-bond acceptors (Lipinski definition) is 3. The third kappa shape index (κ3) is 4.23. The highest BCUT2D eigenvalue weighted by Gasteiger charge is 2.38. The predicted molar refractivity (Wildman–Crippen MR) is 82.9 cm³/mol. The minimum atomic E-state index is -0.880. The largest absolute Gasteiger partial charge is 0.481 e. The highest BCUT2D eigenvalue weighted by atomic mass is 16.5. The summed E-state index contributed by atoms with van der Waals surface area (Å²) in [6.07, 6.45) is 2.62. The molecule has 5 heteroatoms. The summed E-state index contributed by atoms with van der Waals surface area (Å²) in [5, 5.41) is 12.0. The van der Waals surface area contributed by atoms with Gasteiger partial charge in [0.2, 0.25) is 0 Å². The normalized spacial score (nSPS) is 17.7. The summed E-state index contributed by atoms with van der Waals surface area (Å²) in [5.41, 5.74) is 0.441. The Kier molecular flexibility index (Phi) is 5.06. The first-order chi connectivity index (χ1) is 10.4. The lowest BCUT2D eigenvalue weighted by Crippen LogP contribution is -2.51. The molecule has 0 saturated heterocycles. The summed E-state index contributed by atoms with van der Waals surface area (Å²) in [5.74, 6) is -0.500. The molecule has 0 bridgehead atoms. The fourth-order valence-corrected chi connectivity index (χ4v) is 3.00. The molecule has 1 aromatic rings. The number of amides is 1. The molecular formula is C17H23NO4. The lowest BCUT2D eigenvalue weighted by atomic mass is 9.93. The first-order valence-electron chi connectivity index (χ1n) is 7.67. The number of carbonyl (C=O) groups excluding carboxylic acids is 1. The molecule has 22 heavy (non-hydrogen) atoms. The van der Waals surface area contributed by atoms with Crippen LogP contribution in [0.1, 0.15) is 44.6 Å². The van der Waals surface area contributed by atoms with Gasteiger partial charge in [-0.2, -0.15) is 0 Å². The van der Waals surface area contributed by atoms with E-state index in [1.54, 1.807) is 13.0 Å². The number of carbonyl (C=O) groups is 2. The molecule has 1 fully saturated rings. The second kappa shape index (κ2) is 6.81. The maximum atomic E-state index is 12.3. The van der Waals surface area contributed by atoms with Crippen LogP contribution in [0.3, 0.4) is 0 Å². The van der Waals surface area contributed by atoms with Crippen LogP contribution >= 0.6 is 0 Å². The smallest absolute Gasteiger partial charge is 0.305 e. The molecule has 1 aromatic carbocycles. The van der Waals surface area contributed by atoms with Gasteiger partial charge in [-0.15, -0.1) is 0 Å². The number of nitrogens with one attached hydrogen (secondary N) is 1. The summed E-state index contributed by atoms with van der Waals surface area (Å²) in [4.78, 5) is 23.4. The Morgan fingerprint density at radius 2 is 2.05 bits per heavy atom. The van der Waals surface area contributed by atoms with Gasteiger partial charge < -0.3 is 15.2 Å².